The first-order valence-corrected chi connectivity index (χ1v) is 10.8. The van der Waals surface area contributed by atoms with Crippen LogP contribution < -0.4 is 0 Å². The zero-order chi connectivity index (χ0) is 21.9. The predicted octanol–water partition coefficient (Wildman–Crippen LogP) is 5.55. The van der Waals surface area contributed by atoms with Crippen LogP contribution in [0.2, 0.25) is 0 Å². The number of amides is 1. The van der Waals surface area contributed by atoms with Gasteiger partial charge in [-0.15, -0.1) is 0 Å². The number of hydrogen-bond donors (Lipinski definition) is 0. The molecule has 1 heterocycles. The van der Waals surface area contributed by atoms with Crippen molar-refractivity contribution in [1.29, 1.82) is 0 Å². The Morgan fingerprint density at radius 1 is 1.07 bits per heavy atom. The predicted molar refractivity (Wildman–Crippen MR) is 120 cm³/mol. The maximum atomic E-state index is 13.4. The largest absolute Gasteiger partial charge is 0.460 e. The summed E-state index contributed by atoms with van der Waals surface area (Å²) in [5, 5.41) is 0. The van der Waals surface area contributed by atoms with E-state index in [0.29, 0.717) is 13.0 Å². The van der Waals surface area contributed by atoms with Gasteiger partial charge in [-0.05, 0) is 81.7 Å². The van der Waals surface area contributed by atoms with Crippen molar-refractivity contribution in [2.75, 3.05) is 13.1 Å². The summed E-state index contributed by atoms with van der Waals surface area (Å²) in [7, 11) is 0. The number of carbonyl (C=O) groups excluding carboxylic acids is 2. The van der Waals surface area contributed by atoms with E-state index in [-0.39, 0.29) is 17.8 Å². The van der Waals surface area contributed by atoms with E-state index in [1.165, 1.54) is 11.1 Å². The monoisotopic (exact) mass is 407 g/mol. The average molecular weight is 408 g/mol. The molecule has 0 aliphatic carbocycles. The Hall–Kier alpha value is -2.62. The molecule has 1 amide bonds. The Bertz CT molecular complexity index is 926. The van der Waals surface area contributed by atoms with Gasteiger partial charge in [0.1, 0.15) is 5.60 Å². The molecule has 0 bridgehead atoms. The highest BCUT2D eigenvalue weighted by molar-refractivity contribution is 6.01. The molecule has 1 atom stereocenters. The molecule has 0 saturated carbocycles. The van der Waals surface area contributed by atoms with Gasteiger partial charge in [0, 0.05) is 18.7 Å². The zero-order valence-corrected chi connectivity index (χ0v) is 18.8. The number of likely N-dealkylation sites (tertiary alicyclic amines) is 1. The molecule has 30 heavy (non-hydrogen) atoms. The van der Waals surface area contributed by atoms with Crippen LogP contribution in [-0.4, -0.2) is 35.5 Å². The van der Waals surface area contributed by atoms with Crippen LogP contribution in [0.1, 0.15) is 61.5 Å². The van der Waals surface area contributed by atoms with Crippen molar-refractivity contribution in [3.63, 3.8) is 0 Å². The van der Waals surface area contributed by atoms with Gasteiger partial charge in [0.2, 0.25) is 0 Å². The van der Waals surface area contributed by atoms with E-state index in [1.807, 2.05) is 49.9 Å². The molecule has 1 aliphatic heterocycles. The van der Waals surface area contributed by atoms with E-state index >= 15 is 0 Å². The van der Waals surface area contributed by atoms with Gasteiger partial charge in [-0.3, -0.25) is 9.59 Å². The van der Waals surface area contributed by atoms with Gasteiger partial charge in [0.15, 0.2) is 0 Å². The van der Waals surface area contributed by atoms with Crippen LogP contribution >= 0.6 is 0 Å². The van der Waals surface area contributed by atoms with E-state index < -0.39 is 5.60 Å². The molecule has 4 nitrogen and oxygen atoms in total. The maximum Gasteiger partial charge on any atom is 0.306 e. The Kier molecular flexibility index (Phi) is 6.64. The van der Waals surface area contributed by atoms with Crippen molar-refractivity contribution in [1.82, 2.24) is 4.90 Å². The second kappa shape index (κ2) is 9.03. The molecule has 0 N–H and O–H groups in total. The summed E-state index contributed by atoms with van der Waals surface area (Å²) in [6.45, 7) is 11.1. The highest BCUT2D eigenvalue weighted by Gasteiger charge is 2.28. The van der Waals surface area contributed by atoms with Crippen LogP contribution in [0, 0.1) is 19.8 Å². The fourth-order valence-corrected chi connectivity index (χ4v) is 4.04. The minimum atomic E-state index is -0.480. The molecular weight excluding hydrogens is 374 g/mol. The average Bonchev–Trinajstić information content (AvgIpc) is 2.68. The molecule has 0 spiro atoms. The number of hydrogen-bond acceptors (Lipinski definition) is 3. The lowest BCUT2D eigenvalue weighted by molar-refractivity contribution is -0.156. The molecule has 3 rings (SSSR count). The number of rotatable bonds is 4. The van der Waals surface area contributed by atoms with Gasteiger partial charge in [-0.1, -0.05) is 36.4 Å². The van der Waals surface area contributed by atoms with Crippen LogP contribution in [0.3, 0.4) is 0 Å². The number of carbonyl (C=O) groups is 2. The van der Waals surface area contributed by atoms with Crippen molar-refractivity contribution < 1.29 is 14.3 Å². The van der Waals surface area contributed by atoms with Crippen molar-refractivity contribution in [3.8, 4) is 11.1 Å². The third kappa shape index (κ3) is 5.50. The minimum absolute atomic E-state index is 0.0396. The van der Waals surface area contributed by atoms with E-state index in [1.54, 1.807) is 0 Å². The third-order valence-electron chi connectivity index (χ3n) is 5.66. The number of ether oxygens (including phenoxy) is 1. The second-order valence-electron chi connectivity index (χ2n) is 9.39. The van der Waals surface area contributed by atoms with Crippen molar-refractivity contribution in [3.05, 3.63) is 59.2 Å². The van der Waals surface area contributed by atoms with Crippen LogP contribution in [-0.2, 0) is 9.53 Å². The fourth-order valence-electron chi connectivity index (χ4n) is 4.04. The number of esters is 1. The Balaban J connectivity index is 1.76. The van der Waals surface area contributed by atoms with Crippen molar-refractivity contribution in [2.24, 2.45) is 5.92 Å². The second-order valence-corrected chi connectivity index (χ2v) is 9.39. The van der Waals surface area contributed by atoms with Crippen LogP contribution in [0.4, 0.5) is 0 Å². The smallest absolute Gasteiger partial charge is 0.306 e. The van der Waals surface area contributed by atoms with E-state index in [2.05, 4.69) is 32.0 Å². The third-order valence-corrected chi connectivity index (χ3v) is 5.66. The minimum Gasteiger partial charge on any atom is -0.460 e. The highest BCUT2D eigenvalue weighted by Crippen LogP contribution is 2.29. The summed E-state index contributed by atoms with van der Waals surface area (Å²) in [5.41, 5.74) is 4.71. The number of benzene rings is 2. The SMILES string of the molecule is Cc1ccc(-c2ccccc2C(=O)N2CCC[C@@H](CC(=O)OC(C)(C)C)C2)cc1C. The van der Waals surface area contributed by atoms with E-state index in [9.17, 15) is 9.59 Å². The first-order chi connectivity index (χ1) is 14.1. The molecule has 0 unspecified atom stereocenters. The van der Waals surface area contributed by atoms with E-state index in [4.69, 9.17) is 4.74 Å². The van der Waals surface area contributed by atoms with Gasteiger partial charge >= 0.3 is 5.97 Å². The van der Waals surface area contributed by atoms with Crippen LogP contribution in [0.5, 0.6) is 0 Å². The summed E-state index contributed by atoms with van der Waals surface area (Å²) in [4.78, 5) is 27.6. The standard InChI is InChI=1S/C26H33NO3/c1-18-12-13-21(15-19(18)2)22-10-6-7-11-23(22)25(29)27-14-8-9-20(17-27)16-24(28)30-26(3,4)5/h6-7,10-13,15,20H,8-9,14,16-17H2,1-5H3/t20-/m0/s1. The Labute approximate surface area is 180 Å². The van der Waals surface area contributed by atoms with Gasteiger partial charge in [0.05, 0.1) is 6.42 Å². The molecule has 4 heteroatoms. The van der Waals surface area contributed by atoms with E-state index in [0.717, 1.165) is 36.1 Å². The lowest BCUT2D eigenvalue weighted by Gasteiger charge is -2.33. The molecule has 1 fully saturated rings. The van der Waals surface area contributed by atoms with Crippen LogP contribution in [0.25, 0.3) is 11.1 Å². The quantitative estimate of drug-likeness (QED) is 0.624. The number of aryl methyl sites for hydroxylation is 2. The van der Waals surface area contributed by atoms with Crippen molar-refractivity contribution in [2.45, 2.75) is 59.5 Å². The highest BCUT2D eigenvalue weighted by atomic mass is 16.6. The zero-order valence-electron chi connectivity index (χ0n) is 18.8. The molecule has 2 aromatic carbocycles. The van der Waals surface area contributed by atoms with Crippen molar-refractivity contribution >= 4 is 11.9 Å². The summed E-state index contributed by atoms with van der Waals surface area (Å²) < 4.78 is 5.48. The molecule has 1 saturated heterocycles. The summed E-state index contributed by atoms with van der Waals surface area (Å²) in [6, 6.07) is 14.1. The van der Waals surface area contributed by atoms with Gasteiger partial charge in [-0.2, -0.15) is 0 Å². The molecule has 0 aromatic heterocycles. The lowest BCUT2D eigenvalue weighted by Crippen LogP contribution is -2.41. The topological polar surface area (TPSA) is 46.6 Å². The molecule has 160 valence electrons. The van der Waals surface area contributed by atoms with Gasteiger partial charge < -0.3 is 9.64 Å². The fraction of sp³-hybridized carbons (Fsp3) is 0.462. The number of piperidine rings is 1. The molecular formula is C26H33NO3. The lowest BCUT2D eigenvalue weighted by atomic mass is 9.92. The Morgan fingerprint density at radius 2 is 1.80 bits per heavy atom. The molecule has 1 aliphatic rings. The van der Waals surface area contributed by atoms with Gasteiger partial charge in [-0.25, -0.2) is 0 Å². The summed E-state index contributed by atoms with van der Waals surface area (Å²) in [6.07, 6.45) is 2.21. The maximum absolute atomic E-state index is 13.4. The first-order valence-electron chi connectivity index (χ1n) is 10.8. The summed E-state index contributed by atoms with van der Waals surface area (Å²) >= 11 is 0. The normalized spacial score (nSPS) is 17.0. The van der Waals surface area contributed by atoms with Crippen LogP contribution in [0.15, 0.2) is 42.5 Å². The molecule has 2 aromatic rings. The first kappa shape index (κ1) is 22.1. The summed E-state index contributed by atoms with van der Waals surface area (Å²) in [5.74, 6) is 0.00128. The number of nitrogens with zero attached hydrogens (tertiary/aromatic N) is 1. The van der Waals surface area contributed by atoms with Gasteiger partial charge in [0.25, 0.3) is 5.91 Å². The molecule has 0 radical (unpaired) electrons. The Morgan fingerprint density at radius 3 is 2.50 bits per heavy atom.